The van der Waals surface area contributed by atoms with Crippen molar-refractivity contribution in [1.29, 1.82) is 0 Å². The number of methoxy groups -OCH3 is 1. The summed E-state index contributed by atoms with van der Waals surface area (Å²) in [7, 11) is 3.35. The molecule has 2 N–H and O–H groups in total. The third kappa shape index (κ3) is 6.21. The summed E-state index contributed by atoms with van der Waals surface area (Å²) in [6.07, 6.45) is 1.66. The number of fused-ring (bicyclic) bond motifs is 1. The van der Waals surface area contributed by atoms with Crippen molar-refractivity contribution in [3.63, 3.8) is 0 Å². The highest BCUT2D eigenvalue weighted by molar-refractivity contribution is 5.87. The number of rotatable bonds is 9. The molecule has 0 aliphatic heterocycles. The summed E-state index contributed by atoms with van der Waals surface area (Å²) in [4.78, 5) is 6.50. The first-order chi connectivity index (χ1) is 16.7. The number of aryl methyl sites for hydroxylation is 1. The number of aromatic nitrogens is 3. The lowest BCUT2D eigenvalue weighted by atomic mass is 10.1. The summed E-state index contributed by atoms with van der Waals surface area (Å²) in [5.74, 6) is 0.502. The molecule has 184 valence electrons. The number of phenols is 1. The van der Waals surface area contributed by atoms with Gasteiger partial charge in [0.1, 0.15) is 11.5 Å². The zero-order valence-electron chi connectivity index (χ0n) is 19.4. The van der Waals surface area contributed by atoms with Crippen molar-refractivity contribution < 1.29 is 23.0 Å². The Kier molecular flexibility index (Phi) is 7.11. The molecular weight excluding hydrogens is 459 g/mol. The van der Waals surface area contributed by atoms with E-state index in [4.69, 9.17) is 4.74 Å². The standard InChI is InChI=1S/C25H26F3N5O2/c1-32-15-19(14-31-32)18-8-17-9-20(4-5-24(17)30-13-18)33(7-3-6-29-16-25(26,27)28)21-10-22(34)12-23(11-21)35-2/h4-5,8-15,29,34H,3,6-7,16H2,1-2H3. The second kappa shape index (κ2) is 10.2. The zero-order chi connectivity index (χ0) is 25.0. The first-order valence-electron chi connectivity index (χ1n) is 11.0. The minimum Gasteiger partial charge on any atom is -0.508 e. The van der Waals surface area contributed by atoms with Gasteiger partial charge in [-0.1, -0.05) is 0 Å². The number of hydrogen-bond donors (Lipinski definition) is 2. The van der Waals surface area contributed by atoms with Crippen LogP contribution in [-0.4, -0.2) is 52.8 Å². The molecule has 0 unspecified atom stereocenters. The van der Waals surface area contributed by atoms with Crippen molar-refractivity contribution in [2.45, 2.75) is 12.6 Å². The zero-order valence-corrected chi connectivity index (χ0v) is 19.4. The van der Waals surface area contributed by atoms with E-state index in [2.05, 4.69) is 15.4 Å². The Bertz CT molecular complexity index is 1310. The van der Waals surface area contributed by atoms with Gasteiger partial charge in [-0.25, -0.2) is 0 Å². The van der Waals surface area contributed by atoms with Gasteiger partial charge in [-0.05, 0) is 37.2 Å². The van der Waals surface area contributed by atoms with Crippen LogP contribution in [-0.2, 0) is 7.05 Å². The molecule has 0 amide bonds. The van der Waals surface area contributed by atoms with E-state index < -0.39 is 12.7 Å². The van der Waals surface area contributed by atoms with Crippen LogP contribution in [0.15, 0.2) is 61.1 Å². The topological polar surface area (TPSA) is 75.4 Å². The Morgan fingerprint density at radius 1 is 1.06 bits per heavy atom. The van der Waals surface area contributed by atoms with E-state index in [-0.39, 0.29) is 12.3 Å². The second-order valence-corrected chi connectivity index (χ2v) is 8.19. The van der Waals surface area contributed by atoms with Crippen LogP contribution in [0.5, 0.6) is 11.5 Å². The maximum Gasteiger partial charge on any atom is 0.401 e. The lowest BCUT2D eigenvalue weighted by Crippen LogP contribution is -2.31. The maximum atomic E-state index is 12.5. The van der Waals surface area contributed by atoms with E-state index in [1.165, 1.54) is 13.2 Å². The van der Waals surface area contributed by atoms with E-state index in [1.54, 1.807) is 29.2 Å². The van der Waals surface area contributed by atoms with Crippen LogP contribution in [0, 0.1) is 0 Å². The lowest BCUT2D eigenvalue weighted by molar-refractivity contribution is -0.124. The normalized spacial score (nSPS) is 11.7. The molecule has 2 heterocycles. The summed E-state index contributed by atoms with van der Waals surface area (Å²) in [6, 6.07) is 12.7. The van der Waals surface area contributed by atoms with Crippen LogP contribution in [0.3, 0.4) is 0 Å². The molecule has 0 atom stereocenters. The van der Waals surface area contributed by atoms with Crippen LogP contribution in [0.1, 0.15) is 6.42 Å². The van der Waals surface area contributed by atoms with Gasteiger partial charge in [-0.3, -0.25) is 9.67 Å². The number of nitrogens with one attached hydrogen (secondary N) is 1. The number of pyridine rings is 1. The molecule has 10 heteroatoms. The third-order valence-corrected chi connectivity index (χ3v) is 5.50. The van der Waals surface area contributed by atoms with Crippen LogP contribution in [0.2, 0.25) is 0 Å². The first kappa shape index (κ1) is 24.3. The fourth-order valence-corrected chi connectivity index (χ4v) is 3.86. The number of anilines is 2. The van der Waals surface area contributed by atoms with Gasteiger partial charge in [0, 0.05) is 72.1 Å². The van der Waals surface area contributed by atoms with Crippen molar-refractivity contribution >= 4 is 22.3 Å². The van der Waals surface area contributed by atoms with Crippen molar-refractivity contribution in [3.8, 4) is 22.6 Å². The Labute approximate surface area is 200 Å². The molecule has 7 nitrogen and oxygen atoms in total. The Balaban J connectivity index is 1.65. The van der Waals surface area contributed by atoms with E-state index >= 15 is 0 Å². The van der Waals surface area contributed by atoms with Gasteiger partial charge >= 0.3 is 6.18 Å². The smallest absolute Gasteiger partial charge is 0.401 e. The quantitative estimate of drug-likeness (QED) is 0.324. The highest BCUT2D eigenvalue weighted by Gasteiger charge is 2.26. The molecule has 0 aliphatic rings. The minimum absolute atomic E-state index is 0.0286. The van der Waals surface area contributed by atoms with Crippen molar-refractivity contribution in [2.24, 2.45) is 7.05 Å². The molecule has 0 aliphatic carbocycles. The Morgan fingerprint density at radius 3 is 2.60 bits per heavy atom. The molecule has 4 rings (SSSR count). The molecule has 2 aromatic heterocycles. The van der Waals surface area contributed by atoms with Gasteiger partial charge in [-0.15, -0.1) is 0 Å². The molecule has 4 aromatic rings. The number of nitrogens with zero attached hydrogens (tertiary/aromatic N) is 4. The summed E-state index contributed by atoms with van der Waals surface area (Å²) >= 11 is 0. The largest absolute Gasteiger partial charge is 0.508 e. The van der Waals surface area contributed by atoms with Crippen molar-refractivity contribution in [3.05, 3.63) is 61.1 Å². The van der Waals surface area contributed by atoms with Gasteiger partial charge in [0.15, 0.2) is 0 Å². The van der Waals surface area contributed by atoms with Gasteiger partial charge in [0.2, 0.25) is 0 Å². The maximum absolute atomic E-state index is 12.5. The predicted octanol–water partition coefficient (Wildman–Crippen LogP) is 5.03. The van der Waals surface area contributed by atoms with E-state index in [9.17, 15) is 18.3 Å². The van der Waals surface area contributed by atoms with Crippen molar-refractivity contribution in [2.75, 3.05) is 31.6 Å². The van der Waals surface area contributed by atoms with Crippen molar-refractivity contribution in [1.82, 2.24) is 20.1 Å². The van der Waals surface area contributed by atoms with Crippen LogP contribution in [0.4, 0.5) is 24.5 Å². The third-order valence-electron chi connectivity index (χ3n) is 5.50. The fraction of sp³-hybridized carbons (Fsp3) is 0.280. The van der Waals surface area contributed by atoms with E-state index in [1.807, 2.05) is 42.4 Å². The monoisotopic (exact) mass is 485 g/mol. The predicted molar refractivity (Wildman–Crippen MR) is 129 cm³/mol. The molecule has 0 fully saturated rings. The highest BCUT2D eigenvalue weighted by Crippen LogP contribution is 2.34. The fourth-order valence-electron chi connectivity index (χ4n) is 3.86. The van der Waals surface area contributed by atoms with Crippen LogP contribution < -0.4 is 15.0 Å². The average Bonchev–Trinajstić information content (AvgIpc) is 3.25. The van der Waals surface area contributed by atoms with E-state index in [0.29, 0.717) is 24.4 Å². The molecule has 0 saturated carbocycles. The number of aromatic hydroxyl groups is 1. The molecule has 35 heavy (non-hydrogen) atoms. The van der Waals surface area contributed by atoms with Gasteiger partial charge in [0.05, 0.1) is 25.4 Å². The number of benzene rings is 2. The summed E-state index contributed by atoms with van der Waals surface area (Å²) < 4.78 is 44.5. The molecule has 0 bridgehead atoms. The van der Waals surface area contributed by atoms with Gasteiger partial charge in [0.25, 0.3) is 0 Å². The van der Waals surface area contributed by atoms with Gasteiger partial charge < -0.3 is 20.1 Å². The Hall–Kier alpha value is -3.79. The molecule has 0 radical (unpaired) electrons. The first-order valence-corrected chi connectivity index (χ1v) is 11.0. The van der Waals surface area contributed by atoms with Crippen LogP contribution in [0.25, 0.3) is 22.0 Å². The molecule has 2 aromatic carbocycles. The Morgan fingerprint density at radius 2 is 1.89 bits per heavy atom. The van der Waals surface area contributed by atoms with E-state index in [0.717, 1.165) is 27.7 Å². The molecule has 0 saturated heterocycles. The number of phenolic OH excluding ortho intramolecular Hbond substituents is 1. The highest BCUT2D eigenvalue weighted by atomic mass is 19.4. The summed E-state index contributed by atoms with van der Waals surface area (Å²) in [5.41, 5.74) is 4.14. The molecule has 0 spiro atoms. The molecular formula is C25H26F3N5O2. The minimum atomic E-state index is -4.25. The number of ether oxygens (including phenoxy) is 1. The SMILES string of the molecule is COc1cc(O)cc(N(CCCNCC(F)(F)F)c2ccc3ncc(-c4cnn(C)c4)cc3c2)c1. The number of alkyl halides is 3. The van der Waals surface area contributed by atoms with Gasteiger partial charge in [-0.2, -0.15) is 18.3 Å². The summed E-state index contributed by atoms with van der Waals surface area (Å²) in [5, 5.41) is 17.7. The lowest BCUT2D eigenvalue weighted by Gasteiger charge is -2.26. The summed E-state index contributed by atoms with van der Waals surface area (Å²) in [6.45, 7) is -0.434. The second-order valence-electron chi connectivity index (χ2n) is 8.19. The van der Waals surface area contributed by atoms with Crippen LogP contribution >= 0.6 is 0 Å². The number of hydrogen-bond acceptors (Lipinski definition) is 6. The number of halogens is 3. The average molecular weight is 486 g/mol.